The minimum absolute atomic E-state index is 0.122. The normalized spacial score (nSPS) is 17.7. The standard InChI is InChI=1S/C24H26N6OS/c1-28-8-6-18-20(14-28)32-23-21(18)24(31)30(15-27-23)12-11-29-9-4-16(5-10-29)19-13-26-22-17(19)3-2-7-25-22/h2-4,7,13,15H,5-6,8-12,14H2,1H3,(H,25,26). The summed E-state index contributed by atoms with van der Waals surface area (Å²) in [6.45, 7) is 5.33. The highest BCUT2D eigenvalue weighted by Gasteiger charge is 2.22. The van der Waals surface area contributed by atoms with E-state index in [1.54, 1.807) is 22.2 Å². The number of aromatic nitrogens is 4. The van der Waals surface area contributed by atoms with E-state index in [1.807, 2.05) is 12.3 Å². The van der Waals surface area contributed by atoms with Crippen LogP contribution in [0.1, 0.15) is 22.4 Å². The number of H-pyrrole nitrogens is 1. The maximum absolute atomic E-state index is 13.2. The molecule has 0 spiro atoms. The summed E-state index contributed by atoms with van der Waals surface area (Å²) >= 11 is 1.68. The van der Waals surface area contributed by atoms with E-state index >= 15 is 0 Å². The zero-order valence-electron chi connectivity index (χ0n) is 18.2. The lowest BCUT2D eigenvalue weighted by atomic mass is 9.99. The molecule has 7 nitrogen and oxygen atoms in total. The van der Waals surface area contributed by atoms with Gasteiger partial charge in [0.1, 0.15) is 10.5 Å². The number of fused-ring (bicyclic) bond motifs is 4. The number of hydrogen-bond donors (Lipinski definition) is 1. The summed E-state index contributed by atoms with van der Waals surface area (Å²) < 4.78 is 1.80. The van der Waals surface area contributed by atoms with Crippen LogP contribution in [0.3, 0.4) is 0 Å². The number of nitrogens with one attached hydrogen (secondary N) is 1. The minimum atomic E-state index is 0.122. The van der Waals surface area contributed by atoms with Crippen LogP contribution in [0.2, 0.25) is 0 Å². The Morgan fingerprint density at radius 3 is 3.00 bits per heavy atom. The molecule has 4 aromatic rings. The van der Waals surface area contributed by atoms with Gasteiger partial charge >= 0.3 is 0 Å². The molecule has 0 radical (unpaired) electrons. The Labute approximate surface area is 190 Å². The number of likely N-dealkylation sites (N-methyl/N-ethyl adjacent to an activating group) is 1. The number of rotatable bonds is 4. The molecule has 164 valence electrons. The second kappa shape index (κ2) is 7.95. The molecule has 0 atom stereocenters. The highest BCUT2D eigenvalue weighted by molar-refractivity contribution is 7.18. The van der Waals surface area contributed by atoms with Crippen LogP contribution in [-0.2, 0) is 19.5 Å². The summed E-state index contributed by atoms with van der Waals surface area (Å²) in [6.07, 6.45) is 9.88. The number of hydrogen-bond acceptors (Lipinski definition) is 6. The van der Waals surface area contributed by atoms with Crippen molar-refractivity contribution < 1.29 is 0 Å². The van der Waals surface area contributed by atoms with Crippen molar-refractivity contribution >= 4 is 38.2 Å². The third kappa shape index (κ3) is 3.39. The quantitative estimate of drug-likeness (QED) is 0.522. The van der Waals surface area contributed by atoms with Crippen LogP contribution in [0.5, 0.6) is 0 Å². The third-order valence-electron chi connectivity index (χ3n) is 6.77. The molecule has 0 aliphatic carbocycles. The first kappa shape index (κ1) is 19.8. The predicted molar refractivity (Wildman–Crippen MR) is 129 cm³/mol. The highest BCUT2D eigenvalue weighted by Crippen LogP contribution is 2.32. The summed E-state index contributed by atoms with van der Waals surface area (Å²) in [6, 6.07) is 4.11. The summed E-state index contributed by atoms with van der Waals surface area (Å²) in [7, 11) is 2.13. The van der Waals surface area contributed by atoms with Gasteiger partial charge in [-0.15, -0.1) is 11.3 Å². The second-order valence-corrected chi connectivity index (χ2v) is 9.88. The first-order chi connectivity index (χ1) is 15.7. The Morgan fingerprint density at radius 2 is 2.12 bits per heavy atom. The van der Waals surface area contributed by atoms with Crippen LogP contribution < -0.4 is 5.56 Å². The minimum Gasteiger partial charge on any atom is -0.346 e. The number of nitrogens with zero attached hydrogens (tertiary/aromatic N) is 5. The van der Waals surface area contributed by atoms with Crippen molar-refractivity contribution in [1.82, 2.24) is 29.3 Å². The maximum Gasteiger partial charge on any atom is 0.262 e. The van der Waals surface area contributed by atoms with Crippen LogP contribution in [0, 0.1) is 0 Å². The van der Waals surface area contributed by atoms with Gasteiger partial charge in [0.05, 0.1) is 11.7 Å². The monoisotopic (exact) mass is 446 g/mol. The fraction of sp³-hybridized carbons (Fsp3) is 0.375. The lowest BCUT2D eigenvalue weighted by molar-refractivity contribution is 0.287. The van der Waals surface area contributed by atoms with Gasteiger partial charge in [-0.3, -0.25) is 14.3 Å². The first-order valence-corrected chi connectivity index (χ1v) is 12.0. The Hall–Kier alpha value is -2.81. The van der Waals surface area contributed by atoms with Gasteiger partial charge in [0.25, 0.3) is 5.56 Å². The predicted octanol–water partition coefficient (Wildman–Crippen LogP) is 3.11. The number of aromatic amines is 1. The second-order valence-electron chi connectivity index (χ2n) is 8.80. The van der Waals surface area contributed by atoms with Gasteiger partial charge in [0, 0.05) is 67.5 Å². The van der Waals surface area contributed by atoms with Gasteiger partial charge in [0.2, 0.25) is 0 Å². The van der Waals surface area contributed by atoms with E-state index in [1.165, 1.54) is 27.0 Å². The zero-order valence-corrected chi connectivity index (χ0v) is 19.0. The van der Waals surface area contributed by atoms with Gasteiger partial charge in [-0.05, 0) is 43.2 Å². The Morgan fingerprint density at radius 1 is 1.19 bits per heavy atom. The average molecular weight is 447 g/mol. The van der Waals surface area contributed by atoms with E-state index in [9.17, 15) is 4.79 Å². The lowest BCUT2D eigenvalue weighted by Gasteiger charge is -2.26. The lowest BCUT2D eigenvalue weighted by Crippen LogP contribution is -2.34. The van der Waals surface area contributed by atoms with E-state index in [-0.39, 0.29) is 5.56 Å². The number of thiophene rings is 1. The van der Waals surface area contributed by atoms with Crippen LogP contribution in [0.4, 0.5) is 0 Å². The van der Waals surface area contributed by atoms with Crippen LogP contribution in [0.25, 0.3) is 26.8 Å². The largest absolute Gasteiger partial charge is 0.346 e. The molecule has 1 N–H and O–H groups in total. The molecule has 32 heavy (non-hydrogen) atoms. The van der Waals surface area contributed by atoms with Crippen LogP contribution in [-0.4, -0.2) is 62.5 Å². The van der Waals surface area contributed by atoms with Crippen molar-refractivity contribution in [2.75, 3.05) is 33.2 Å². The van der Waals surface area contributed by atoms with Gasteiger partial charge in [-0.1, -0.05) is 6.08 Å². The van der Waals surface area contributed by atoms with E-state index in [0.29, 0.717) is 6.54 Å². The highest BCUT2D eigenvalue weighted by atomic mass is 32.1. The molecule has 0 amide bonds. The molecule has 8 heteroatoms. The molecule has 0 unspecified atom stereocenters. The molecule has 6 rings (SSSR count). The van der Waals surface area contributed by atoms with Gasteiger partial charge in [-0.2, -0.15) is 0 Å². The molecular formula is C24H26N6OS. The summed E-state index contributed by atoms with van der Waals surface area (Å²) in [5, 5.41) is 2.04. The van der Waals surface area contributed by atoms with Crippen molar-refractivity contribution in [2.45, 2.75) is 25.9 Å². The summed E-state index contributed by atoms with van der Waals surface area (Å²) in [5.74, 6) is 0. The van der Waals surface area contributed by atoms with E-state index in [2.05, 4.69) is 50.1 Å². The van der Waals surface area contributed by atoms with E-state index < -0.39 is 0 Å². The van der Waals surface area contributed by atoms with Crippen molar-refractivity contribution in [1.29, 1.82) is 0 Å². The smallest absolute Gasteiger partial charge is 0.262 e. The molecule has 2 aliphatic rings. The topological polar surface area (TPSA) is 70.1 Å². The molecule has 2 aliphatic heterocycles. The Bertz CT molecular complexity index is 1400. The van der Waals surface area contributed by atoms with E-state index in [4.69, 9.17) is 0 Å². The fourth-order valence-corrected chi connectivity index (χ4v) is 6.19. The maximum atomic E-state index is 13.2. The van der Waals surface area contributed by atoms with Gasteiger partial charge in [-0.25, -0.2) is 9.97 Å². The SMILES string of the molecule is CN1CCc2c(sc3ncn(CCN4CC=C(c5c[nH]c6ncccc56)CC4)c(=O)c23)C1. The van der Waals surface area contributed by atoms with Gasteiger partial charge in [0.15, 0.2) is 0 Å². The molecule has 6 heterocycles. The first-order valence-electron chi connectivity index (χ1n) is 11.2. The summed E-state index contributed by atoms with van der Waals surface area (Å²) in [4.78, 5) is 32.4. The molecule has 0 saturated heterocycles. The van der Waals surface area contributed by atoms with Crippen molar-refractivity contribution in [3.63, 3.8) is 0 Å². The molecular weight excluding hydrogens is 420 g/mol. The van der Waals surface area contributed by atoms with Crippen molar-refractivity contribution in [3.8, 4) is 0 Å². The molecule has 0 bridgehead atoms. The van der Waals surface area contributed by atoms with Crippen LogP contribution >= 0.6 is 11.3 Å². The number of pyridine rings is 1. The van der Waals surface area contributed by atoms with Crippen LogP contribution in [0.15, 0.2) is 41.7 Å². The Balaban J connectivity index is 1.17. The average Bonchev–Trinajstić information content (AvgIpc) is 3.40. The Kier molecular flexibility index (Phi) is 4.93. The zero-order chi connectivity index (χ0) is 21.7. The van der Waals surface area contributed by atoms with E-state index in [0.717, 1.165) is 61.4 Å². The summed E-state index contributed by atoms with van der Waals surface area (Å²) in [5.41, 5.74) is 4.92. The molecule has 0 saturated carbocycles. The third-order valence-corrected chi connectivity index (χ3v) is 7.89. The fourth-order valence-electron chi connectivity index (χ4n) is 4.94. The molecule has 4 aromatic heterocycles. The van der Waals surface area contributed by atoms with Gasteiger partial charge < -0.3 is 9.88 Å². The van der Waals surface area contributed by atoms with Crippen molar-refractivity contribution in [2.24, 2.45) is 0 Å². The molecule has 0 fully saturated rings. The molecule has 0 aromatic carbocycles. The van der Waals surface area contributed by atoms with Crippen molar-refractivity contribution in [3.05, 3.63) is 63.3 Å².